The van der Waals surface area contributed by atoms with Gasteiger partial charge in [0.15, 0.2) is 0 Å². The van der Waals surface area contributed by atoms with Crippen LogP contribution in [0, 0.1) is 0 Å². The minimum atomic E-state index is 0.141. The summed E-state index contributed by atoms with van der Waals surface area (Å²) in [6, 6.07) is 16.6. The molecule has 0 aliphatic carbocycles. The average Bonchev–Trinajstić information content (AvgIpc) is 2.75. The molecule has 2 aromatic rings. The molecule has 0 radical (unpaired) electrons. The van der Waals surface area contributed by atoms with Crippen molar-refractivity contribution in [3.8, 4) is 0 Å². The van der Waals surface area contributed by atoms with Crippen LogP contribution in [0.15, 0.2) is 54.7 Å². The third-order valence-corrected chi connectivity index (χ3v) is 5.79. The van der Waals surface area contributed by atoms with Crippen molar-refractivity contribution in [2.75, 3.05) is 64.3 Å². The van der Waals surface area contributed by atoms with Crippen LogP contribution in [0.25, 0.3) is 0 Å². The van der Waals surface area contributed by atoms with Crippen LogP contribution in [0.3, 0.4) is 0 Å². The van der Waals surface area contributed by atoms with Crippen molar-refractivity contribution in [1.29, 1.82) is 0 Å². The summed E-state index contributed by atoms with van der Waals surface area (Å²) in [5.41, 5.74) is 1.22. The normalized spacial score (nSPS) is 21.7. The van der Waals surface area contributed by atoms with E-state index in [9.17, 15) is 4.79 Å². The Morgan fingerprint density at radius 2 is 1.71 bits per heavy atom. The van der Waals surface area contributed by atoms with Crippen molar-refractivity contribution >= 4 is 11.7 Å². The maximum Gasteiger partial charge on any atom is 0.237 e. The van der Waals surface area contributed by atoms with Crippen LogP contribution in [0.2, 0.25) is 0 Å². The summed E-state index contributed by atoms with van der Waals surface area (Å²) in [5, 5.41) is 0. The fraction of sp³-hybridized carbons (Fsp3) is 0.455. The van der Waals surface area contributed by atoms with Gasteiger partial charge in [0.25, 0.3) is 0 Å². The van der Waals surface area contributed by atoms with E-state index in [0.717, 1.165) is 51.6 Å². The number of benzene rings is 1. The number of aromatic nitrogens is 1. The zero-order chi connectivity index (χ0) is 19.3. The first-order chi connectivity index (χ1) is 13.7. The van der Waals surface area contributed by atoms with Crippen molar-refractivity contribution in [1.82, 2.24) is 19.7 Å². The van der Waals surface area contributed by atoms with Crippen molar-refractivity contribution in [3.63, 3.8) is 0 Å². The van der Waals surface area contributed by atoms with E-state index in [1.807, 2.05) is 24.4 Å². The number of rotatable bonds is 4. The molecule has 0 spiro atoms. The van der Waals surface area contributed by atoms with Gasteiger partial charge in [-0.1, -0.05) is 36.4 Å². The Hall–Kier alpha value is -2.44. The highest BCUT2D eigenvalue weighted by atomic mass is 16.2. The minimum Gasteiger partial charge on any atom is -0.354 e. The zero-order valence-electron chi connectivity index (χ0n) is 16.6. The molecule has 2 fully saturated rings. The number of hydrogen-bond donors (Lipinski definition) is 0. The minimum absolute atomic E-state index is 0.141. The van der Waals surface area contributed by atoms with Crippen molar-refractivity contribution < 1.29 is 4.79 Å². The molecule has 28 heavy (non-hydrogen) atoms. The Morgan fingerprint density at radius 3 is 2.43 bits per heavy atom. The van der Waals surface area contributed by atoms with Gasteiger partial charge in [0.1, 0.15) is 5.82 Å². The molecule has 4 rings (SSSR count). The predicted molar refractivity (Wildman–Crippen MR) is 111 cm³/mol. The molecule has 1 aromatic carbocycles. The molecule has 0 N–H and O–H groups in total. The molecule has 2 aliphatic heterocycles. The average molecular weight is 380 g/mol. The van der Waals surface area contributed by atoms with E-state index in [-0.39, 0.29) is 11.9 Å². The van der Waals surface area contributed by atoms with Gasteiger partial charge in [0.2, 0.25) is 5.91 Å². The smallest absolute Gasteiger partial charge is 0.237 e. The first-order valence-electron chi connectivity index (χ1n) is 10.1. The zero-order valence-corrected chi connectivity index (χ0v) is 16.6. The fourth-order valence-corrected chi connectivity index (χ4v) is 4.14. The second-order valence-electron chi connectivity index (χ2n) is 7.73. The van der Waals surface area contributed by atoms with Gasteiger partial charge in [-0.2, -0.15) is 0 Å². The van der Waals surface area contributed by atoms with Crippen LogP contribution in [0.1, 0.15) is 11.6 Å². The van der Waals surface area contributed by atoms with Crippen LogP contribution in [-0.4, -0.2) is 85.0 Å². The lowest BCUT2D eigenvalue weighted by Crippen LogP contribution is -2.54. The highest BCUT2D eigenvalue weighted by molar-refractivity contribution is 5.79. The number of carbonyl (C=O) groups excluding carboxylic acids is 1. The van der Waals surface area contributed by atoms with Crippen molar-refractivity contribution in [3.05, 3.63) is 60.3 Å². The van der Waals surface area contributed by atoms with Crippen molar-refractivity contribution in [2.45, 2.75) is 6.04 Å². The van der Waals surface area contributed by atoms with E-state index in [1.165, 1.54) is 5.56 Å². The van der Waals surface area contributed by atoms with Gasteiger partial charge in [-0.05, 0) is 24.7 Å². The van der Waals surface area contributed by atoms with Crippen LogP contribution in [0.5, 0.6) is 0 Å². The van der Waals surface area contributed by atoms with Gasteiger partial charge in [-0.25, -0.2) is 4.98 Å². The van der Waals surface area contributed by atoms with E-state index >= 15 is 0 Å². The fourth-order valence-electron chi connectivity index (χ4n) is 4.14. The lowest BCUT2D eigenvalue weighted by Gasteiger charge is -2.42. The summed E-state index contributed by atoms with van der Waals surface area (Å²) in [6.07, 6.45) is 1.84. The quantitative estimate of drug-likeness (QED) is 0.809. The lowest BCUT2D eigenvalue weighted by molar-refractivity contribution is -0.137. The molecule has 1 aromatic heterocycles. The highest BCUT2D eigenvalue weighted by Crippen LogP contribution is 2.25. The number of likely N-dealkylation sites (N-methyl/N-ethyl adjacent to an activating group) is 1. The van der Waals surface area contributed by atoms with Gasteiger partial charge < -0.3 is 14.7 Å². The SMILES string of the molecule is CN1CCN(C(=O)CN2CCN(c3ccccn3)CC2)C(c2ccccc2)C1. The number of nitrogens with zero attached hydrogens (tertiary/aromatic N) is 5. The van der Waals surface area contributed by atoms with Crippen LogP contribution in [-0.2, 0) is 4.79 Å². The Morgan fingerprint density at radius 1 is 0.964 bits per heavy atom. The third kappa shape index (κ3) is 4.34. The maximum atomic E-state index is 13.1. The second-order valence-corrected chi connectivity index (χ2v) is 7.73. The van der Waals surface area contributed by atoms with Gasteiger partial charge >= 0.3 is 0 Å². The maximum absolute atomic E-state index is 13.1. The Balaban J connectivity index is 1.36. The second kappa shape index (κ2) is 8.71. The number of anilines is 1. The first-order valence-corrected chi connectivity index (χ1v) is 10.1. The topological polar surface area (TPSA) is 42.9 Å². The number of carbonyl (C=O) groups is 1. The Bertz CT molecular complexity index is 761. The summed E-state index contributed by atoms with van der Waals surface area (Å²) < 4.78 is 0. The molecule has 2 aliphatic rings. The molecule has 2 saturated heterocycles. The molecular formula is C22H29N5O. The van der Waals surface area contributed by atoms with E-state index in [0.29, 0.717) is 6.54 Å². The molecule has 148 valence electrons. The van der Waals surface area contributed by atoms with E-state index < -0.39 is 0 Å². The molecule has 6 heteroatoms. The summed E-state index contributed by atoms with van der Waals surface area (Å²) in [4.78, 5) is 26.6. The van der Waals surface area contributed by atoms with Gasteiger partial charge in [-0.15, -0.1) is 0 Å². The third-order valence-electron chi connectivity index (χ3n) is 5.79. The summed E-state index contributed by atoms with van der Waals surface area (Å²) in [5.74, 6) is 1.27. The molecule has 1 amide bonds. The monoisotopic (exact) mass is 379 g/mol. The summed E-state index contributed by atoms with van der Waals surface area (Å²) >= 11 is 0. The number of pyridine rings is 1. The first kappa shape index (κ1) is 18.9. The molecule has 1 atom stereocenters. The molecule has 0 saturated carbocycles. The summed E-state index contributed by atoms with van der Waals surface area (Å²) in [6.45, 7) is 6.74. The largest absolute Gasteiger partial charge is 0.354 e. The number of hydrogen-bond acceptors (Lipinski definition) is 5. The Kier molecular flexibility index (Phi) is 5.88. The van der Waals surface area contributed by atoms with E-state index in [4.69, 9.17) is 0 Å². The Labute approximate surface area is 167 Å². The van der Waals surface area contributed by atoms with E-state index in [2.05, 4.69) is 62.0 Å². The van der Waals surface area contributed by atoms with Crippen LogP contribution < -0.4 is 4.90 Å². The molecule has 6 nitrogen and oxygen atoms in total. The highest BCUT2D eigenvalue weighted by Gasteiger charge is 2.31. The number of piperazine rings is 2. The van der Waals surface area contributed by atoms with Crippen LogP contribution >= 0.6 is 0 Å². The lowest BCUT2D eigenvalue weighted by atomic mass is 10.0. The molecule has 1 unspecified atom stereocenters. The van der Waals surface area contributed by atoms with Crippen LogP contribution in [0.4, 0.5) is 5.82 Å². The molecular weight excluding hydrogens is 350 g/mol. The van der Waals surface area contributed by atoms with E-state index in [1.54, 1.807) is 0 Å². The van der Waals surface area contributed by atoms with Gasteiger partial charge in [-0.3, -0.25) is 9.69 Å². The van der Waals surface area contributed by atoms with Gasteiger partial charge in [0, 0.05) is 52.0 Å². The summed E-state index contributed by atoms with van der Waals surface area (Å²) in [7, 11) is 2.13. The standard InChI is InChI=1S/C22H29N5O/c1-24-11-16-27(20(17-24)19-7-3-2-4-8-19)22(28)18-25-12-14-26(15-13-25)21-9-5-6-10-23-21/h2-10,20H,11-18H2,1H3. The predicted octanol–water partition coefficient (Wildman–Crippen LogP) is 1.72. The molecule has 3 heterocycles. The van der Waals surface area contributed by atoms with Crippen molar-refractivity contribution in [2.24, 2.45) is 0 Å². The molecule has 0 bridgehead atoms. The number of amides is 1. The van der Waals surface area contributed by atoms with Gasteiger partial charge in [0.05, 0.1) is 12.6 Å².